The van der Waals surface area contributed by atoms with Gasteiger partial charge in [-0.05, 0) is 25.3 Å². The van der Waals surface area contributed by atoms with Crippen molar-refractivity contribution < 1.29 is 14.8 Å². The lowest BCUT2D eigenvalue weighted by Crippen LogP contribution is -2.17. The summed E-state index contributed by atoms with van der Waals surface area (Å²) in [5.74, 6) is -0.466. The average Bonchev–Trinajstić information content (AvgIpc) is 2.37. The van der Waals surface area contributed by atoms with Crippen molar-refractivity contribution in [1.29, 1.82) is 0 Å². The van der Waals surface area contributed by atoms with Crippen molar-refractivity contribution in [2.45, 2.75) is 46.1 Å². The number of carboxylic acid groups (broad SMARTS) is 1. The minimum atomic E-state index is -1.10. The van der Waals surface area contributed by atoms with E-state index in [0.717, 1.165) is 19.3 Å². The van der Waals surface area contributed by atoms with Gasteiger partial charge in [-0.3, -0.25) is 10.1 Å². The number of nitro benzene ring substituents is 1. The Balaban J connectivity index is 2.81. The maximum absolute atomic E-state index is 11.2. The van der Waals surface area contributed by atoms with E-state index in [9.17, 15) is 14.9 Å². The van der Waals surface area contributed by atoms with E-state index in [1.807, 2.05) is 6.92 Å². The number of non-ortho nitro benzene ring substituents is 1. The highest BCUT2D eigenvalue weighted by Gasteiger charge is 2.16. The van der Waals surface area contributed by atoms with Gasteiger partial charge >= 0.3 is 5.97 Å². The van der Waals surface area contributed by atoms with Gasteiger partial charge in [-0.1, -0.05) is 26.7 Å². The normalized spacial score (nSPS) is 12.2. The molecule has 2 N–H and O–H groups in total. The summed E-state index contributed by atoms with van der Waals surface area (Å²) in [7, 11) is 0. The average molecular weight is 294 g/mol. The SMILES string of the molecule is CC(C)CCCC(C)Nc1cc([N+](=O)[O-])ccc1C(=O)O. The zero-order valence-corrected chi connectivity index (χ0v) is 12.6. The number of anilines is 1. The number of rotatable bonds is 8. The fourth-order valence-electron chi connectivity index (χ4n) is 2.12. The number of aromatic carboxylic acids is 1. The molecular formula is C15H22N2O4. The number of carbonyl (C=O) groups is 1. The molecule has 1 atom stereocenters. The Labute approximate surface area is 124 Å². The van der Waals surface area contributed by atoms with Crippen LogP contribution in [0.3, 0.4) is 0 Å². The molecule has 0 heterocycles. The summed E-state index contributed by atoms with van der Waals surface area (Å²) in [6, 6.07) is 3.81. The monoisotopic (exact) mass is 294 g/mol. The lowest BCUT2D eigenvalue weighted by atomic mass is 10.0. The van der Waals surface area contributed by atoms with E-state index in [-0.39, 0.29) is 17.3 Å². The molecule has 6 heteroatoms. The van der Waals surface area contributed by atoms with Crippen LogP contribution in [0, 0.1) is 16.0 Å². The number of nitrogens with zero attached hydrogens (tertiary/aromatic N) is 1. The number of nitrogens with one attached hydrogen (secondary N) is 1. The summed E-state index contributed by atoms with van der Waals surface area (Å²) < 4.78 is 0. The minimum Gasteiger partial charge on any atom is -0.478 e. The van der Waals surface area contributed by atoms with Crippen LogP contribution < -0.4 is 5.32 Å². The smallest absolute Gasteiger partial charge is 0.337 e. The predicted octanol–water partition coefficient (Wildman–Crippen LogP) is 3.92. The summed E-state index contributed by atoms with van der Waals surface area (Å²) in [5.41, 5.74) is 0.238. The maximum atomic E-state index is 11.2. The second kappa shape index (κ2) is 7.61. The highest BCUT2D eigenvalue weighted by atomic mass is 16.6. The van der Waals surface area contributed by atoms with E-state index >= 15 is 0 Å². The van der Waals surface area contributed by atoms with Crippen LogP contribution in [0.15, 0.2) is 18.2 Å². The van der Waals surface area contributed by atoms with Crippen molar-refractivity contribution in [3.8, 4) is 0 Å². The van der Waals surface area contributed by atoms with Gasteiger partial charge in [0, 0.05) is 18.2 Å². The first-order valence-electron chi connectivity index (χ1n) is 7.09. The molecule has 1 aromatic rings. The lowest BCUT2D eigenvalue weighted by molar-refractivity contribution is -0.384. The molecule has 0 aliphatic heterocycles. The van der Waals surface area contributed by atoms with Gasteiger partial charge in [0.1, 0.15) is 0 Å². The molecule has 0 aromatic heterocycles. The lowest BCUT2D eigenvalue weighted by Gasteiger charge is -2.17. The first kappa shape index (κ1) is 16.9. The number of benzene rings is 1. The molecule has 0 amide bonds. The van der Waals surface area contributed by atoms with Gasteiger partial charge in [0.25, 0.3) is 5.69 Å². The Morgan fingerprint density at radius 3 is 2.52 bits per heavy atom. The molecule has 0 radical (unpaired) electrons. The molecule has 0 aliphatic rings. The van der Waals surface area contributed by atoms with Crippen molar-refractivity contribution >= 4 is 17.3 Å². The van der Waals surface area contributed by atoms with Crippen LogP contribution in [0.5, 0.6) is 0 Å². The summed E-state index contributed by atoms with van der Waals surface area (Å²) in [5, 5.41) is 23.0. The Kier molecular flexibility index (Phi) is 6.14. The van der Waals surface area contributed by atoms with Gasteiger partial charge in [0.05, 0.1) is 16.2 Å². The van der Waals surface area contributed by atoms with Crippen LogP contribution in [0.25, 0.3) is 0 Å². The van der Waals surface area contributed by atoms with E-state index in [1.165, 1.54) is 18.2 Å². The molecule has 0 saturated heterocycles. The largest absolute Gasteiger partial charge is 0.478 e. The third-order valence-electron chi connectivity index (χ3n) is 3.26. The molecular weight excluding hydrogens is 272 g/mol. The fourth-order valence-corrected chi connectivity index (χ4v) is 2.12. The fraction of sp³-hybridized carbons (Fsp3) is 0.533. The zero-order valence-electron chi connectivity index (χ0n) is 12.6. The molecule has 0 spiro atoms. The molecule has 1 rings (SSSR count). The van der Waals surface area contributed by atoms with Crippen LogP contribution in [0.2, 0.25) is 0 Å². The minimum absolute atomic E-state index is 0.0521. The standard InChI is InChI=1S/C15H22N2O4/c1-10(2)5-4-6-11(3)16-14-9-12(17(20)21)7-8-13(14)15(18)19/h7-11,16H,4-6H2,1-3H3,(H,18,19). The maximum Gasteiger partial charge on any atom is 0.337 e. The van der Waals surface area contributed by atoms with Crippen molar-refractivity contribution in [1.82, 2.24) is 0 Å². The molecule has 1 aromatic carbocycles. The molecule has 0 saturated carbocycles. The van der Waals surface area contributed by atoms with Gasteiger partial charge in [0.15, 0.2) is 0 Å². The quantitative estimate of drug-likeness (QED) is 0.560. The predicted molar refractivity (Wildman–Crippen MR) is 81.8 cm³/mol. The molecule has 21 heavy (non-hydrogen) atoms. The molecule has 6 nitrogen and oxygen atoms in total. The Morgan fingerprint density at radius 1 is 1.33 bits per heavy atom. The number of hydrogen-bond acceptors (Lipinski definition) is 4. The van der Waals surface area contributed by atoms with Gasteiger partial charge in [-0.15, -0.1) is 0 Å². The van der Waals surface area contributed by atoms with Crippen LogP contribution in [0.4, 0.5) is 11.4 Å². The molecule has 1 unspecified atom stereocenters. The molecule has 116 valence electrons. The van der Waals surface area contributed by atoms with Crippen molar-refractivity contribution in [3.05, 3.63) is 33.9 Å². The molecule has 0 bridgehead atoms. The Bertz CT molecular complexity index is 514. The number of hydrogen-bond donors (Lipinski definition) is 2. The van der Waals surface area contributed by atoms with Crippen molar-refractivity contribution in [3.63, 3.8) is 0 Å². The van der Waals surface area contributed by atoms with E-state index in [2.05, 4.69) is 19.2 Å². The van der Waals surface area contributed by atoms with E-state index in [1.54, 1.807) is 0 Å². The second-order valence-electron chi connectivity index (χ2n) is 5.66. The second-order valence-corrected chi connectivity index (χ2v) is 5.66. The summed E-state index contributed by atoms with van der Waals surface area (Å²) in [6.45, 7) is 6.26. The van der Waals surface area contributed by atoms with Crippen LogP contribution in [0.1, 0.15) is 50.4 Å². The van der Waals surface area contributed by atoms with Gasteiger partial charge in [-0.2, -0.15) is 0 Å². The van der Waals surface area contributed by atoms with E-state index < -0.39 is 10.9 Å². The van der Waals surface area contributed by atoms with Crippen molar-refractivity contribution in [2.24, 2.45) is 5.92 Å². The summed E-state index contributed by atoms with van der Waals surface area (Å²) in [6.07, 6.45) is 3.02. The van der Waals surface area contributed by atoms with Crippen LogP contribution in [-0.4, -0.2) is 22.0 Å². The van der Waals surface area contributed by atoms with Gasteiger partial charge in [0.2, 0.25) is 0 Å². The van der Waals surface area contributed by atoms with Crippen LogP contribution >= 0.6 is 0 Å². The Morgan fingerprint density at radius 2 is 2.00 bits per heavy atom. The van der Waals surface area contributed by atoms with Gasteiger partial charge < -0.3 is 10.4 Å². The first-order valence-corrected chi connectivity index (χ1v) is 7.09. The first-order chi connectivity index (χ1) is 9.81. The van der Waals surface area contributed by atoms with Crippen molar-refractivity contribution in [2.75, 3.05) is 5.32 Å². The highest BCUT2D eigenvalue weighted by Crippen LogP contribution is 2.24. The molecule has 0 aliphatic carbocycles. The van der Waals surface area contributed by atoms with Crippen LogP contribution in [-0.2, 0) is 0 Å². The van der Waals surface area contributed by atoms with Gasteiger partial charge in [-0.25, -0.2) is 4.79 Å². The molecule has 0 fully saturated rings. The topological polar surface area (TPSA) is 92.5 Å². The summed E-state index contributed by atoms with van der Waals surface area (Å²) >= 11 is 0. The number of carboxylic acids is 1. The van der Waals surface area contributed by atoms with E-state index in [0.29, 0.717) is 11.6 Å². The highest BCUT2D eigenvalue weighted by molar-refractivity contribution is 5.94. The zero-order chi connectivity index (χ0) is 16.0. The number of nitro groups is 1. The third-order valence-corrected chi connectivity index (χ3v) is 3.26. The summed E-state index contributed by atoms with van der Waals surface area (Å²) in [4.78, 5) is 21.4. The third kappa shape index (κ3) is 5.41. The Hall–Kier alpha value is -2.11. The van der Waals surface area contributed by atoms with E-state index in [4.69, 9.17) is 5.11 Å².